The number of ether oxygens (including phenoxy) is 1. The van der Waals surface area contributed by atoms with Crippen LogP contribution >= 0.6 is 0 Å². The van der Waals surface area contributed by atoms with Crippen LogP contribution in [0.4, 0.5) is 5.69 Å². The molecule has 0 bridgehead atoms. The zero-order valence-corrected chi connectivity index (χ0v) is 15.2. The lowest BCUT2D eigenvalue weighted by Gasteiger charge is -2.28. The van der Waals surface area contributed by atoms with Crippen LogP contribution in [0.1, 0.15) is 25.3 Å². The molecule has 0 saturated carbocycles. The molecule has 1 aliphatic heterocycles. The van der Waals surface area contributed by atoms with Crippen molar-refractivity contribution in [1.82, 2.24) is 5.32 Å². The van der Waals surface area contributed by atoms with Gasteiger partial charge < -0.3 is 20.5 Å². The highest BCUT2D eigenvalue weighted by Gasteiger charge is 2.34. The summed E-state index contributed by atoms with van der Waals surface area (Å²) in [5, 5.41) is 49.3. The van der Waals surface area contributed by atoms with Crippen molar-refractivity contribution in [2.75, 3.05) is 13.2 Å². The van der Waals surface area contributed by atoms with Gasteiger partial charge in [0.2, 0.25) is 0 Å². The molecule has 0 spiro atoms. The van der Waals surface area contributed by atoms with E-state index in [4.69, 9.17) is 9.94 Å². The van der Waals surface area contributed by atoms with Gasteiger partial charge in [0.25, 0.3) is 0 Å². The number of dihydropyridines is 1. The first-order valence-corrected chi connectivity index (χ1v) is 8.21. The van der Waals surface area contributed by atoms with Crippen LogP contribution in [-0.4, -0.2) is 29.6 Å². The van der Waals surface area contributed by atoms with Crippen molar-refractivity contribution in [2.24, 2.45) is 0 Å². The topological polar surface area (TPSA) is 167 Å². The predicted octanol–water partition coefficient (Wildman–Crippen LogP) is -0.905. The van der Waals surface area contributed by atoms with Crippen LogP contribution < -0.4 is 15.9 Å². The Morgan fingerprint density at radius 2 is 2.00 bits per heavy atom. The number of nitrogens with one attached hydrogen (secondary N) is 3. The van der Waals surface area contributed by atoms with Crippen LogP contribution in [-0.2, 0) is 14.4 Å². The third-order valence-electron chi connectivity index (χ3n) is 4.11. The van der Waals surface area contributed by atoms with Gasteiger partial charge >= 0.3 is 5.97 Å². The molecule has 0 amide bonds. The Morgan fingerprint density at radius 3 is 2.61 bits per heavy atom. The van der Waals surface area contributed by atoms with E-state index in [1.807, 2.05) is 0 Å². The van der Waals surface area contributed by atoms with Crippen molar-refractivity contribution in [3.8, 4) is 6.07 Å². The van der Waals surface area contributed by atoms with E-state index in [9.17, 15) is 25.7 Å². The van der Waals surface area contributed by atoms with Crippen molar-refractivity contribution in [2.45, 2.75) is 19.8 Å². The van der Waals surface area contributed by atoms with Gasteiger partial charge in [-0.25, -0.2) is 10.0 Å². The summed E-state index contributed by atoms with van der Waals surface area (Å²) >= 11 is 0. The van der Waals surface area contributed by atoms with E-state index in [1.165, 1.54) is 18.2 Å². The van der Waals surface area contributed by atoms with Crippen molar-refractivity contribution in [1.29, 1.82) is 5.26 Å². The maximum atomic E-state index is 12.7. The minimum Gasteiger partial charge on any atom is -0.595 e. The largest absolute Gasteiger partial charge is 0.595 e. The number of carbonyl (C=O) groups excluding carboxylic acids is 1. The summed E-state index contributed by atoms with van der Waals surface area (Å²) in [6.07, 6.45) is 0. The smallest absolute Gasteiger partial charge is 0.336 e. The molecule has 1 aromatic carbocycles. The number of hydrogen-bond acceptors (Lipinski definition) is 9. The van der Waals surface area contributed by atoms with Gasteiger partial charge in [0.05, 0.1) is 23.1 Å². The highest BCUT2D eigenvalue weighted by atomic mass is 17.1. The molecule has 1 aliphatic rings. The molecular formula is C17H20N4O7. The first-order valence-electron chi connectivity index (χ1n) is 8.21. The van der Waals surface area contributed by atoms with Gasteiger partial charge in [0, 0.05) is 23.5 Å². The second-order valence-corrected chi connectivity index (χ2v) is 5.93. The Morgan fingerprint density at radius 1 is 1.29 bits per heavy atom. The maximum Gasteiger partial charge on any atom is 0.336 e. The number of nitriles is 1. The lowest BCUT2D eigenvalue weighted by Crippen LogP contribution is -3.03. The van der Waals surface area contributed by atoms with Crippen molar-refractivity contribution >= 4 is 11.7 Å². The molecular weight excluding hydrogens is 372 g/mol. The summed E-state index contributed by atoms with van der Waals surface area (Å²) in [6.45, 7) is 2.68. The van der Waals surface area contributed by atoms with E-state index >= 15 is 0 Å². The first-order chi connectivity index (χ1) is 13.3. The van der Waals surface area contributed by atoms with E-state index < -0.39 is 22.5 Å². The normalized spacial score (nSPS) is 19.0. The molecule has 5 N–H and O–H groups in total. The second kappa shape index (κ2) is 9.40. The van der Waals surface area contributed by atoms with E-state index in [0.29, 0.717) is 17.0 Å². The number of benzene rings is 1. The molecule has 0 radical (unpaired) electrons. The van der Waals surface area contributed by atoms with Crippen LogP contribution in [0, 0.1) is 21.7 Å². The molecule has 1 heterocycles. The average Bonchev–Trinajstić information content (AvgIpc) is 2.64. The SMILES string of the molecule is CC1=C(C#N)[C@H](c2cccc([NH+]([O-])O)c2)C(C(=O)OCCO[NH+]([O-])O)=C(C)N1. The quantitative estimate of drug-likeness (QED) is 0.224. The van der Waals surface area contributed by atoms with Gasteiger partial charge in [-0.15, -0.1) is 0 Å². The Hall–Kier alpha value is -2.82. The molecule has 0 aromatic heterocycles. The van der Waals surface area contributed by atoms with Crippen molar-refractivity contribution in [3.05, 3.63) is 62.8 Å². The van der Waals surface area contributed by atoms with E-state index in [2.05, 4.69) is 16.2 Å². The lowest BCUT2D eigenvalue weighted by atomic mass is 9.81. The molecule has 150 valence electrons. The molecule has 3 atom stereocenters. The number of rotatable bonds is 7. The van der Waals surface area contributed by atoms with Crippen LogP contribution in [0.25, 0.3) is 0 Å². The summed E-state index contributed by atoms with van der Waals surface area (Å²) in [5.41, 5.74) is 1.85. The average molecular weight is 392 g/mol. The van der Waals surface area contributed by atoms with E-state index in [1.54, 1.807) is 19.9 Å². The van der Waals surface area contributed by atoms with Crippen LogP contribution in [0.5, 0.6) is 0 Å². The van der Waals surface area contributed by atoms with Gasteiger partial charge in [-0.3, -0.25) is 0 Å². The van der Waals surface area contributed by atoms with E-state index in [-0.39, 0.29) is 30.0 Å². The van der Waals surface area contributed by atoms with Gasteiger partial charge in [-0.1, -0.05) is 17.5 Å². The zero-order valence-electron chi connectivity index (χ0n) is 15.2. The number of allylic oxidation sites excluding steroid dienone is 3. The van der Waals surface area contributed by atoms with Crippen molar-refractivity contribution < 1.29 is 35.4 Å². The Bertz CT molecular complexity index is 842. The molecule has 11 heteroatoms. The fourth-order valence-corrected chi connectivity index (χ4v) is 2.94. The van der Waals surface area contributed by atoms with E-state index in [0.717, 1.165) is 0 Å². The zero-order chi connectivity index (χ0) is 20.8. The number of hydrogen-bond donors (Lipinski definition) is 5. The monoisotopic (exact) mass is 392 g/mol. The number of carbonyl (C=O) groups is 1. The molecule has 11 nitrogen and oxygen atoms in total. The number of quaternary nitrogens is 2. The highest BCUT2D eigenvalue weighted by Crippen LogP contribution is 2.38. The summed E-state index contributed by atoms with van der Waals surface area (Å²) in [5.74, 6) is -1.58. The van der Waals surface area contributed by atoms with Crippen LogP contribution in [0.2, 0.25) is 0 Å². The maximum absolute atomic E-state index is 12.7. The van der Waals surface area contributed by atoms with Crippen LogP contribution in [0.3, 0.4) is 0 Å². The molecule has 0 saturated heterocycles. The molecule has 2 rings (SSSR count). The molecule has 2 unspecified atom stereocenters. The second-order valence-electron chi connectivity index (χ2n) is 5.93. The lowest BCUT2D eigenvalue weighted by molar-refractivity contribution is -1.21. The Labute approximate surface area is 160 Å². The van der Waals surface area contributed by atoms with Crippen molar-refractivity contribution in [3.63, 3.8) is 0 Å². The minimum atomic E-state index is -1.49. The highest BCUT2D eigenvalue weighted by molar-refractivity contribution is 5.93. The standard InChI is InChI=1S/C17H20N4O7/c1-10-14(9-18)16(12-4-3-5-13(8-12)20(23)24)15(11(2)19-10)17(22)27-6-7-28-21(25)26/h3-5,8,16,19-21,23,25H,6-7H2,1-2H3/t16-/m0/s1. The Kier molecular flexibility index (Phi) is 7.21. The number of nitrogens with zero attached hydrogens (tertiary/aromatic N) is 1. The number of esters is 1. The summed E-state index contributed by atoms with van der Waals surface area (Å²) < 4.78 is 5.09. The Balaban J connectivity index is 2.38. The fourth-order valence-electron chi connectivity index (χ4n) is 2.94. The first kappa shape index (κ1) is 21.5. The summed E-state index contributed by atoms with van der Waals surface area (Å²) in [7, 11) is 0. The third-order valence-corrected chi connectivity index (χ3v) is 4.11. The fraction of sp³-hybridized carbons (Fsp3) is 0.294. The van der Waals surface area contributed by atoms with Gasteiger partial charge in [0.1, 0.15) is 13.2 Å². The molecule has 28 heavy (non-hydrogen) atoms. The molecule has 0 aliphatic carbocycles. The van der Waals surface area contributed by atoms with Gasteiger partial charge in [-0.2, -0.15) is 20.5 Å². The van der Waals surface area contributed by atoms with Gasteiger partial charge in [-0.05, 0) is 19.4 Å². The summed E-state index contributed by atoms with van der Waals surface area (Å²) in [4.78, 5) is 17.0. The molecule has 0 fully saturated rings. The molecule has 1 aromatic rings. The van der Waals surface area contributed by atoms with Gasteiger partial charge in [0.15, 0.2) is 5.69 Å². The van der Waals surface area contributed by atoms with Crippen LogP contribution in [0.15, 0.2) is 46.8 Å². The third kappa shape index (κ3) is 4.91. The minimum absolute atomic E-state index is 0.0196. The predicted molar refractivity (Wildman–Crippen MR) is 92.1 cm³/mol. The summed E-state index contributed by atoms with van der Waals surface area (Å²) in [6, 6.07) is 8.03.